The van der Waals surface area contributed by atoms with Crippen LogP contribution >= 0.6 is 0 Å². The zero-order valence-electron chi connectivity index (χ0n) is 16.2. The third kappa shape index (κ3) is 3.81. The van der Waals surface area contributed by atoms with Crippen molar-refractivity contribution < 1.29 is 28.9 Å². The second kappa shape index (κ2) is 8.30. The van der Waals surface area contributed by atoms with Gasteiger partial charge < -0.3 is 19.3 Å². The lowest BCUT2D eigenvalue weighted by Crippen LogP contribution is -2.43. The van der Waals surface area contributed by atoms with E-state index in [1.165, 1.54) is 0 Å². The van der Waals surface area contributed by atoms with Gasteiger partial charge in [-0.3, -0.25) is 9.59 Å². The number of benzene rings is 1. The average molecular weight is 376 g/mol. The third-order valence-corrected chi connectivity index (χ3v) is 5.93. The van der Waals surface area contributed by atoms with Gasteiger partial charge in [0.15, 0.2) is 0 Å². The molecule has 6 nitrogen and oxygen atoms in total. The summed E-state index contributed by atoms with van der Waals surface area (Å²) < 4.78 is 16.2. The maximum Gasteiger partial charge on any atom is 0.149 e. The summed E-state index contributed by atoms with van der Waals surface area (Å²) in [6.07, 6.45) is 3.26. The second-order valence-corrected chi connectivity index (χ2v) is 7.48. The van der Waals surface area contributed by atoms with E-state index < -0.39 is 12.0 Å². The highest BCUT2D eigenvalue weighted by Gasteiger charge is 2.44. The molecule has 2 aliphatic carbocycles. The highest BCUT2D eigenvalue weighted by molar-refractivity contribution is 6.05. The third-order valence-electron chi connectivity index (χ3n) is 5.93. The largest absolute Gasteiger partial charge is 0.496 e. The molecule has 0 spiro atoms. The Hall–Kier alpha value is -2.08. The molecule has 6 heteroatoms. The summed E-state index contributed by atoms with van der Waals surface area (Å²) in [6.45, 7) is 0. The van der Waals surface area contributed by atoms with Gasteiger partial charge in [-0.05, 0) is 19.3 Å². The van der Waals surface area contributed by atoms with Crippen LogP contribution in [-0.4, -0.2) is 44.1 Å². The summed E-state index contributed by atoms with van der Waals surface area (Å²) >= 11 is 0. The Morgan fingerprint density at radius 3 is 2.11 bits per heavy atom. The molecule has 0 aliphatic heterocycles. The molecule has 2 aliphatic rings. The van der Waals surface area contributed by atoms with E-state index >= 15 is 0 Å². The Balaban J connectivity index is 1.86. The SMILES string of the molecule is COc1cc(OC)c(C2CC(=O)C(C(=O)C3CCCC3)C(O)C2)c(OC)c1. The molecule has 1 aromatic rings. The lowest BCUT2D eigenvalue weighted by Gasteiger charge is -2.33. The van der Waals surface area contributed by atoms with Crippen LogP contribution in [0.1, 0.15) is 50.0 Å². The molecule has 0 heterocycles. The number of aliphatic hydroxyl groups is 1. The van der Waals surface area contributed by atoms with Gasteiger partial charge in [-0.15, -0.1) is 0 Å². The normalized spacial score (nSPS) is 26.1. The highest BCUT2D eigenvalue weighted by atomic mass is 16.5. The molecule has 0 saturated heterocycles. The van der Waals surface area contributed by atoms with Crippen LogP contribution in [0.4, 0.5) is 0 Å². The van der Waals surface area contributed by atoms with Gasteiger partial charge in [-0.2, -0.15) is 0 Å². The zero-order valence-corrected chi connectivity index (χ0v) is 16.2. The van der Waals surface area contributed by atoms with Crippen molar-refractivity contribution in [3.63, 3.8) is 0 Å². The van der Waals surface area contributed by atoms with Gasteiger partial charge in [0, 0.05) is 36.0 Å². The predicted molar refractivity (Wildman–Crippen MR) is 99.5 cm³/mol. The Morgan fingerprint density at radius 1 is 1.04 bits per heavy atom. The molecule has 148 valence electrons. The van der Waals surface area contributed by atoms with Crippen LogP contribution in [0.5, 0.6) is 17.2 Å². The van der Waals surface area contributed by atoms with E-state index in [0.717, 1.165) is 31.2 Å². The predicted octanol–water partition coefficient (Wildman–Crippen LogP) is 2.90. The lowest BCUT2D eigenvalue weighted by molar-refractivity contribution is -0.142. The van der Waals surface area contributed by atoms with Gasteiger partial charge in [0.2, 0.25) is 0 Å². The fraction of sp³-hybridized carbons (Fsp3) is 0.619. The maximum atomic E-state index is 12.8. The van der Waals surface area contributed by atoms with Crippen molar-refractivity contribution in [3.05, 3.63) is 17.7 Å². The number of ether oxygens (including phenoxy) is 3. The number of ketones is 2. The number of aliphatic hydroxyl groups excluding tert-OH is 1. The summed E-state index contributed by atoms with van der Waals surface area (Å²) in [6, 6.07) is 3.48. The van der Waals surface area contributed by atoms with Gasteiger partial charge >= 0.3 is 0 Å². The van der Waals surface area contributed by atoms with E-state index in [2.05, 4.69) is 0 Å². The molecule has 0 radical (unpaired) electrons. The number of methoxy groups -OCH3 is 3. The smallest absolute Gasteiger partial charge is 0.149 e. The highest BCUT2D eigenvalue weighted by Crippen LogP contribution is 2.46. The van der Waals surface area contributed by atoms with Gasteiger partial charge in [-0.1, -0.05) is 12.8 Å². The molecule has 2 saturated carbocycles. The first-order valence-electron chi connectivity index (χ1n) is 9.54. The van der Waals surface area contributed by atoms with Crippen molar-refractivity contribution in [1.82, 2.24) is 0 Å². The molecule has 1 N–H and O–H groups in total. The molecule has 0 amide bonds. The lowest BCUT2D eigenvalue weighted by atomic mass is 9.72. The maximum absolute atomic E-state index is 12.8. The van der Waals surface area contributed by atoms with Crippen LogP contribution in [0.2, 0.25) is 0 Å². The van der Waals surface area contributed by atoms with E-state index in [4.69, 9.17) is 14.2 Å². The molecular weight excluding hydrogens is 348 g/mol. The van der Waals surface area contributed by atoms with Crippen molar-refractivity contribution in [2.24, 2.45) is 11.8 Å². The summed E-state index contributed by atoms with van der Waals surface area (Å²) in [5, 5.41) is 10.7. The molecular formula is C21H28O6. The topological polar surface area (TPSA) is 82.1 Å². The molecule has 3 rings (SSSR count). The van der Waals surface area contributed by atoms with Crippen molar-refractivity contribution in [2.45, 2.75) is 50.5 Å². The standard InChI is InChI=1S/C21H28O6/c1-25-14-10-17(26-2)19(18(11-14)27-3)13-8-15(22)20(16(23)9-13)21(24)12-6-4-5-7-12/h10-13,15,20,22H,4-9H2,1-3H3. The van der Waals surface area contributed by atoms with Gasteiger partial charge in [-0.25, -0.2) is 0 Å². The van der Waals surface area contributed by atoms with E-state index in [-0.39, 0.29) is 29.8 Å². The monoisotopic (exact) mass is 376 g/mol. The number of rotatable bonds is 6. The quantitative estimate of drug-likeness (QED) is 0.769. The van der Waals surface area contributed by atoms with Crippen LogP contribution in [0.3, 0.4) is 0 Å². The number of hydrogen-bond acceptors (Lipinski definition) is 6. The Kier molecular flexibility index (Phi) is 6.05. The minimum atomic E-state index is -0.971. The Bertz CT molecular complexity index is 682. The second-order valence-electron chi connectivity index (χ2n) is 7.48. The Labute approximate surface area is 159 Å². The molecule has 2 fully saturated rings. The summed E-state index contributed by atoms with van der Waals surface area (Å²) in [5.74, 6) is 0.205. The molecule has 0 aromatic heterocycles. The van der Waals surface area contributed by atoms with Gasteiger partial charge in [0.25, 0.3) is 0 Å². The molecule has 1 aromatic carbocycles. The van der Waals surface area contributed by atoms with E-state index in [0.29, 0.717) is 23.7 Å². The minimum absolute atomic E-state index is 0.0721. The first kappa shape index (κ1) is 19.7. The first-order chi connectivity index (χ1) is 13.0. The Morgan fingerprint density at radius 2 is 1.63 bits per heavy atom. The van der Waals surface area contributed by atoms with Crippen LogP contribution in [0, 0.1) is 11.8 Å². The number of hydrogen-bond donors (Lipinski definition) is 1. The number of carbonyl (C=O) groups excluding carboxylic acids is 2. The van der Waals surface area contributed by atoms with E-state index in [1.54, 1.807) is 33.5 Å². The fourth-order valence-corrected chi connectivity index (χ4v) is 4.56. The van der Waals surface area contributed by atoms with Gasteiger partial charge in [0.1, 0.15) is 34.7 Å². The summed E-state index contributed by atoms with van der Waals surface area (Å²) in [5.41, 5.74) is 0.736. The minimum Gasteiger partial charge on any atom is -0.496 e. The van der Waals surface area contributed by atoms with Crippen LogP contribution in [0.25, 0.3) is 0 Å². The van der Waals surface area contributed by atoms with Crippen molar-refractivity contribution >= 4 is 11.6 Å². The molecule has 27 heavy (non-hydrogen) atoms. The van der Waals surface area contributed by atoms with Crippen molar-refractivity contribution in [2.75, 3.05) is 21.3 Å². The van der Waals surface area contributed by atoms with Crippen LogP contribution < -0.4 is 14.2 Å². The number of carbonyl (C=O) groups is 2. The average Bonchev–Trinajstić information content (AvgIpc) is 3.20. The van der Waals surface area contributed by atoms with E-state index in [1.807, 2.05) is 0 Å². The van der Waals surface area contributed by atoms with Crippen LogP contribution in [0.15, 0.2) is 12.1 Å². The molecule has 3 unspecified atom stereocenters. The first-order valence-corrected chi connectivity index (χ1v) is 9.54. The van der Waals surface area contributed by atoms with Crippen molar-refractivity contribution in [3.8, 4) is 17.2 Å². The van der Waals surface area contributed by atoms with Gasteiger partial charge in [0.05, 0.1) is 27.4 Å². The fourth-order valence-electron chi connectivity index (χ4n) is 4.56. The number of Topliss-reactive ketones (excluding diaryl/α,β-unsaturated/α-hetero) is 2. The summed E-state index contributed by atoms with van der Waals surface area (Å²) in [7, 11) is 4.65. The molecule has 3 atom stereocenters. The van der Waals surface area contributed by atoms with Crippen LogP contribution in [-0.2, 0) is 9.59 Å². The zero-order chi connectivity index (χ0) is 19.6. The molecule has 0 bridgehead atoms. The van der Waals surface area contributed by atoms with E-state index in [9.17, 15) is 14.7 Å². The summed E-state index contributed by atoms with van der Waals surface area (Å²) in [4.78, 5) is 25.6. The van der Waals surface area contributed by atoms with Crippen molar-refractivity contribution in [1.29, 1.82) is 0 Å².